The van der Waals surface area contributed by atoms with Crippen molar-refractivity contribution in [3.8, 4) is 5.75 Å². The molecule has 4 nitrogen and oxygen atoms in total. The quantitative estimate of drug-likeness (QED) is 0.830. The van der Waals surface area contributed by atoms with Crippen molar-refractivity contribution < 1.29 is 22.7 Å². The number of ether oxygens (including phenoxy) is 1. The van der Waals surface area contributed by atoms with Crippen molar-refractivity contribution in [1.29, 1.82) is 0 Å². The lowest BCUT2D eigenvalue weighted by Crippen LogP contribution is -2.40. The summed E-state index contributed by atoms with van der Waals surface area (Å²) < 4.78 is 41.1. The predicted molar refractivity (Wildman–Crippen MR) is 68.5 cm³/mol. The molecule has 0 aromatic heterocycles. The number of benzene rings is 1. The first-order valence-corrected chi connectivity index (χ1v) is 6.06. The molecule has 0 radical (unpaired) electrons. The molecule has 0 saturated heterocycles. The lowest BCUT2D eigenvalue weighted by atomic mass is 10.3. The molecule has 1 aromatic carbocycles. The monoisotopic (exact) mass is 290 g/mol. The number of nitrogens with zero attached hydrogens (tertiary/aromatic N) is 1. The van der Waals surface area contributed by atoms with Gasteiger partial charge in [-0.15, -0.1) is 0 Å². The number of rotatable bonds is 7. The summed E-state index contributed by atoms with van der Waals surface area (Å²) in [5, 5.41) is 1.82. The molecule has 0 saturated carbocycles. The Hall–Kier alpha value is -1.76. The van der Waals surface area contributed by atoms with Gasteiger partial charge in [-0.1, -0.05) is 18.2 Å². The van der Waals surface area contributed by atoms with E-state index >= 15 is 0 Å². The fourth-order valence-electron chi connectivity index (χ4n) is 1.41. The van der Waals surface area contributed by atoms with Crippen LogP contribution in [0.1, 0.15) is 0 Å². The van der Waals surface area contributed by atoms with Gasteiger partial charge in [0.25, 0.3) is 0 Å². The Labute approximate surface area is 115 Å². The second-order valence-corrected chi connectivity index (χ2v) is 4.29. The SMILES string of the molecule is CN(CCOc1ccccc1)CC(=O)NCC(F)(F)F. The van der Waals surface area contributed by atoms with Gasteiger partial charge in [-0.3, -0.25) is 9.69 Å². The summed E-state index contributed by atoms with van der Waals surface area (Å²) in [6, 6.07) is 9.14. The zero-order valence-corrected chi connectivity index (χ0v) is 11.1. The minimum absolute atomic E-state index is 0.103. The number of hydrogen-bond acceptors (Lipinski definition) is 3. The Morgan fingerprint density at radius 2 is 1.95 bits per heavy atom. The van der Waals surface area contributed by atoms with Crippen molar-refractivity contribution >= 4 is 5.91 Å². The molecule has 0 atom stereocenters. The van der Waals surface area contributed by atoms with Crippen molar-refractivity contribution in [2.75, 3.05) is 33.3 Å². The highest BCUT2D eigenvalue weighted by molar-refractivity contribution is 5.77. The van der Waals surface area contributed by atoms with E-state index in [-0.39, 0.29) is 6.54 Å². The predicted octanol–water partition coefficient (Wildman–Crippen LogP) is 1.68. The van der Waals surface area contributed by atoms with Crippen LogP contribution in [0.15, 0.2) is 30.3 Å². The highest BCUT2D eigenvalue weighted by Gasteiger charge is 2.27. The average molecular weight is 290 g/mol. The van der Waals surface area contributed by atoms with E-state index in [1.165, 1.54) is 0 Å². The number of carbonyl (C=O) groups is 1. The molecule has 1 N–H and O–H groups in total. The van der Waals surface area contributed by atoms with E-state index in [4.69, 9.17) is 4.74 Å². The molecular weight excluding hydrogens is 273 g/mol. The van der Waals surface area contributed by atoms with E-state index in [1.54, 1.807) is 24.1 Å². The van der Waals surface area contributed by atoms with Gasteiger partial charge in [0, 0.05) is 6.54 Å². The fraction of sp³-hybridized carbons (Fsp3) is 0.462. The molecule has 0 fully saturated rings. The van der Waals surface area contributed by atoms with E-state index in [2.05, 4.69) is 0 Å². The maximum absolute atomic E-state index is 11.9. The summed E-state index contributed by atoms with van der Waals surface area (Å²) in [5.74, 6) is 0.0481. The van der Waals surface area contributed by atoms with Crippen molar-refractivity contribution in [3.05, 3.63) is 30.3 Å². The normalized spacial score (nSPS) is 11.4. The van der Waals surface area contributed by atoms with Gasteiger partial charge >= 0.3 is 6.18 Å². The first-order valence-electron chi connectivity index (χ1n) is 6.06. The first-order chi connectivity index (χ1) is 9.37. The summed E-state index contributed by atoms with van der Waals surface area (Å²) in [5.41, 5.74) is 0. The third-order valence-electron chi connectivity index (χ3n) is 2.38. The van der Waals surface area contributed by atoms with Gasteiger partial charge in [0.1, 0.15) is 18.9 Å². The van der Waals surface area contributed by atoms with Crippen molar-refractivity contribution in [2.24, 2.45) is 0 Å². The Bertz CT molecular complexity index is 410. The highest BCUT2D eigenvalue weighted by atomic mass is 19.4. The highest BCUT2D eigenvalue weighted by Crippen LogP contribution is 2.12. The number of nitrogens with one attached hydrogen (secondary N) is 1. The number of carbonyl (C=O) groups excluding carboxylic acids is 1. The fourth-order valence-corrected chi connectivity index (χ4v) is 1.41. The molecular formula is C13H17F3N2O2. The minimum Gasteiger partial charge on any atom is -0.492 e. The van der Waals surface area contributed by atoms with Crippen LogP contribution in [0.3, 0.4) is 0 Å². The molecule has 1 aromatic rings. The van der Waals surface area contributed by atoms with Crippen LogP contribution in [0, 0.1) is 0 Å². The van der Waals surface area contributed by atoms with Crippen LogP contribution >= 0.6 is 0 Å². The van der Waals surface area contributed by atoms with Gasteiger partial charge in [-0.05, 0) is 19.2 Å². The first kappa shape index (κ1) is 16.3. The third kappa shape index (κ3) is 7.63. The molecule has 0 unspecified atom stereocenters. The second-order valence-electron chi connectivity index (χ2n) is 4.29. The number of hydrogen-bond donors (Lipinski definition) is 1. The van der Waals surface area contributed by atoms with E-state index in [9.17, 15) is 18.0 Å². The summed E-state index contributed by atoms with van der Waals surface area (Å²) >= 11 is 0. The third-order valence-corrected chi connectivity index (χ3v) is 2.38. The number of amides is 1. The molecule has 20 heavy (non-hydrogen) atoms. The molecule has 0 heterocycles. The Balaban J connectivity index is 2.17. The number of likely N-dealkylation sites (N-methyl/N-ethyl adjacent to an activating group) is 1. The van der Waals surface area contributed by atoms with Gasteiger partial charge in [0.05, 0.1) is 6.54 Å². The topological polar surface area (TPSA) is 41.6 Å². The Morgan fingerprint density at radius 3 is 2.55 bits per heavy atom. The molecule has 0 aliphatic rings. The molecule has 1 rings (SSSR count). The van der Waals surface area contributed by atoms with Crippen molar-refractivity contribution in [1.82, 2.24) is 10.2 Å². The number of halogens is 3. The van der Waals surface area contributed by atoms with Gasteiger partial charge < -0.3 is 10.1 Å². The lowest BCUT2D eigenvalue weighted by molar-refractivity contribution is -0.138. The van der Waals surface area contributed by atoms with E-state index in [0.29, 0.717) is 18.9 Å². The summed E-state index contributed by atoms with van der Waals surface area (Å²) in [7, 11) is 1.64. The lowest BCUT2D eigenvalue weighted by Gasteiger charge is -2.17. The summed E-state index contributed by atoms with van der Waals surface area (Å²) in [4.78, 5) is 12.8. The van der Waals surface area contributed by atoms with Crippen LogP contribution in [0.4, 0.5) is 13.2 Å². The largest absolute Gasteiger partial charge is 0.492 e. The molecule has 0 spiro atoms. The zero-order valence-electron chi connectivity index (χ0n) is 11.1. The molecule has 0 bridgehead atoms. The summed E-state index contributed by atoms with van der Waals surface area (Å²) in [6.07, 6.45) is -4.38. The van der Waals surface area contributed by atoms with Gasteiger partial charge in [0.15, 0.2) is 0 Å². The van der Waals surface area contributed by atoms with Crippen molar-refractivity contribution in [2.45, 2.75) is 6.18 Å². The molecule has 0 aliphatic carbocycles. The minimum atomic E-state index is -4.38. The average Bonchev–Trinajstić information content (AvgIpc) is 2.37. The summed E-state index contributed by atoms with van der Waals surface area (Å²) in [6.45, 7) is -0.615. The standard InChI is InChI=1S/C13H17F3N2O2/c1-18(9-12(19)17-10-13(14,15)16)7-8-20-11-5-3-2-4-6-11/h2-6H,7-10H2,1H3,(H,17,19). The molecule has 7 heteroatoms. The van der Waals surface area contributed by atoms with E-state index in [0.717, 1.165) is 0 Å². The number of para-hydroxylation sites is 1. The van der Waals surface area contributed by atoms with Crippen LogP contribution in [-0.2, 0) is 4.79 Å². The maximum Gasteiger partial charge on any atom is 0.405 e. The molecule has 0 aliphatic heterocycles. The van der Waals surface area contributed by atoms with E-state index < -0.39 is 18.6 Å². The van der Waals surface area contributed by atoms with Gasteiger partial charge in [-0.2, -0.15) is 13.2 Å². The van der Waals surface area contributed by atoms with Crippen LogP contribution in [0.25, 0.3) is 0 Å². The van der Waals surface area contributed by atoms with Crippen LogP contribution in [0.2, 0.25) is 0 Å². The smallest absolute Gasteiger partial charge is 0.405 e. The van der Waals surface area contributed by atoms with E-state index in [1.807, 2.05) is 23.5 Å². The maximum atomic E-state index is 11.9. The molecule has 112 valence electrons. The zero-order chi connectivity index (χ0) is 15.0. The second kappa shape index (κ2) is 7.74. The Morgan fingerprint density at radius 1 is 1.30 bits per heavy atom. The number of alkyl halides is 3. The Kier molecular flexibility index (Phi) is 6.30. The van der Waals surface area contributed by atoms with Crippen LogP contribution < -0.4 is 10.1 Å². The van der Waals surface area contributed by atoms with Crippen LogP contribution in [-0.4, -0.2) is 50.3 Å². The van der Waals surface area contributed by atoms with Gasteiger partial charge in [-0.25, -0.2) is 0 Å². The van der Waals surface area contributed by atoms with Crippen LogP contribution in [0.5, 0.6) is 5.75 Å². The van der Waals surface area contributed by atoms with Gasteiger partial charge in [0.2, 0.25) is 5.91 Å². The van der Waals surface area contributed by atoms with Crippen molar-refractivity contribution in [3.63, 3.8) is 0 Å². The molecule has 1 amide bonds.